The van der Waals surface area contributed by atoms with Gasteiger partial charge in [0.15, 0.2) is 0 Å². The Kier molecular flexibility index (Phi) is 5.80. The fourth-order valence-electron chi connectivity index (χ4n) is 2.36. The summed E-state index contributed by atoms with van der Waals surface area (Å²) in [5.41, 5.74) is 7.27. The van der Waals surface area contributed by atoms with E-state index in [1.165, 1.54) is 24.0 Å². The summed E-state index contributed by atoms with van der Waals surface area (Å²) >= 11 is 0. The first-order valence-corrected chi connectivity index (χ1v) is 7.16. The molecule has 5 heteroatoms. The van der Waals surface area contributed by atoms with Crippen molar-refractivity contribution in [1.82, 2.24) is 9.47 Å². The van der Waals surface area contributed by atoms with Gasteiger partial charge in [0.2, 0.25) is 0 Å². The fraction of sp³-hybridized carbons (Fsp3) is 0.600. The monoisotopic (exact) mass is 278 g/mol. The number of carbonyl (C=O) groups excluding carboxylic acids is 1. The predicted molar refractivity (Wildman–Crippen MR) is 83.6 cm³/mol. The van der Waals surface area contributed by atoms with Crippen LogP contribution in [0.1, 0.15) is 61.6 Å². The van der Waals surface area contributed by atoms with Gasteiger partial charge in [-0.1, -0.05) is 26.2 Å². The third kappa shape index (κ3) is 3.40. The number of hydrogen-bond acceptors (Lipinski definition) is 3. The molecule has 0 fully saturated rings. The number of hydrogen-bond donors (Lipinski definition) is 2. The van der Waals surface area contributed by atoms with Gasteiger partial charge in [-0.3, -0.25) is 4.79 Å². The van der Waals surface area contributed by atoms with Gasteiger partial charge in [0.1, 0.15) is 11.5 Å². The van der Waals surface area contributed by atoms with Crippen LogP contribution in [0.3, 0.4) is 0 Å². The summed E-state index contributed by atoms with van der Waals surface area (Å²) in [5.74, 6) is 0.432. The molecule has 1 rings (SSSR count). The molecule has 0 saturated heterocycles. The molecule has 3 N–H and O–H groups in total. The minimum atomic E-state index is -0.0767. The topological polar surface area (TPSA) is 75.1 Å². The molecule has 0 aliphatic carbocycles. The van der Waals surface area contributed by atoms with E-state index in [1.807, 2.05) is 4.57 Å². The lowest BCUT2D eigenvalue weighted by Crippen LogP contribution is -2.26. The molecule has 1 heterocycles. The number of nitrogen functional groups attached to an aromatic ring is 1. The van der Waals surface area contributed by atoms with Gasteiger partial charge < -0.3 is 20.6 Å². The van der Waals surface area contributed by atoms with Gasteiger partial charge in [-0.25, -0.2) is 0 Å². The molecule has 112 valence electrons. The molecule has 0 aromatic carbocycles. The van der Waals surface area contributed by atoms with Crippen LogP contribution in [0.25, 0.3) is 0 Å². The molecule has 0 spiro atoms. The maximum atomic E-state index is 12.3. The second kappa shape index (κ2) is 7.12. The molecule has 0 bridgehead atoms. The maximum Gasteiger partial charge on any atom is 0.270 e. The summed E-state index contributed by atoms with van der Waals surface area (Å²) in [6.45, 7) is 4.25. The van der Waals surface area contributed by atoms with Crippen LogP contribution < -0.4 is 5.73 Å². The number of aromatic nitrogens is 1. The molecule has 20 heavy (non-hydrogen) atoms. The molecule has 0 aliphatic rings. The van der Waals surface area contributed by atoms with Crippen LogP contribution >= 0.6 is 0 Å². The number of nitrogens with zero attached hydrogens (tertiary/aromatic N) is 2. The van der Waals surface area contributed by atoms with Crippen molar-refractivity contribution in [3.05, 3.63) is 17.3 Å². The standard InChI is InChI=1S/C15H26N4O/c1-5-6-7-8-11(2)19-13(15(20)18(3)4)9-12(10-16)14(19)17/h9-11,16H,5-8,17H2,1-4H3. The minimum Gasteiger partial charge on any atom is -0.385 e. The lowest BCUT2D eigenvalue weighted by molar-refractivity contribution is 0.0815. The zero-order valence-electron chi connectivity index (χ0n) is 12.9. The van der Waals surface area contributed by atoms with Crippen LogP contribution in [0.15, 0.2) is 6.07 Å². The zero-order chi connectivity index (χ0) is 15.3. The molecule has 0 aliphatic heterocycles. The number of unbranched alkanes of at least 4 members (excludes halogenated alkanes) is 2. The first-order valence-electron chi connectivity index (χ1n) is 7.16. The number of nitrogens with two attached hydrogens (primary N) is 1. The molecule has 1 aromatic heterocycles. The van der Waals surface area contributed by atoms with Gasteiger partial charge in [0, 0.05) is 31.9 Å². The van der Waals surface area contributed by atoms with E-state index < -0.39 is 0 Å². The van der Waals surface area contributed by atoms with Gasteiger partial charge in [0.25, 0.3) is 5.91 Å². The molecule has 0 radical (unpaired) electrons. The van der Waals surface area contributed by atoms with Gasteiger partial charge in [-0.15, -0.1) is 0 Å². The molecule has 1 amide bonds. The first-order chi connectivity index (χ1) is 9.43. The van der Waals surface area contributed by atoms with Crippen molar-refractivity contribution >= 4 is 17.9 Å². The van der Waals surface area contributed by atoms with Crippen molar-refractivity contribution in [2.45, 2.75) is 45.6 Å². The van der Waals surface area contributed by atoms with Crippen LogP contribution in [0.4, 0.5) is 5.82 Å². The highest BCUT2D eigenvalue weighted by Crippen LogP contribution is 2.26. The summed E-state index contributed by atoms with van der Waals surface area (Å²) in [5, 5.41) is 7.41. The number of anilines is 1. The summed E-state index contributed by atoms with van der Waals surface area (Å²) in [6, 6.07) is 1.87. The van der Waals surface area contributed by atoms with Crippen molar-refractivity contribution < 1.29 is 4.79 Å². The van der Waals surface area contributed by atoms with E-state index in [-0.39, 0.29) is 11.9 Å². The number of rotatable bonds is 7. The van der Waals surface area contributed by atoms with Gasteiger partial charge in [-0.05, 0) is 19.4 Å². The number of carbonyl (C=O) groups is 1. The minimum absolute atomic E-state index is 0.0767. The highest BCUT2D eigenvalue weighted by atomic mass is 16.2. The van der Waals surface area contributed by atoms with E-state index >= 15 is 0 Å². The molecule has 5 nitrogen and oxygen atoms in total. The highest BCUT2D eigenvalue weighted by molar-refractivity contribution is 5.97. The average Bonchev–Trinajstić information content (AvgIpc) is 2.74. The van der Waals surface area contributed by atoms with Crippen LogP contribution in [-0.2, 0) is 0 Å². The first kappa shape index (κ1) is 16.3. The third-order valence-electron chi connectivity index (χ3n) is 3.55. The van der Waals surface area contributed by atoms with Crippen molar-refractivity contribution in [2.75, 3.05) is 19.8 Å². The maximum absolute atomic E-state index is 12.3. The summed E-state index contributed by atoms with van der Waals surface area (Å²) in [4.78, 5) is 13.8. The predicted octanol–water partition coefficient (Wildman–Crippen LogP) is 2.91. The Morgan fingerprint density at radius 3 is 2.65 bits per heavy atom. The SMILES string of the molecule is CCCCCC(C)n1c(C(=O)N(C)C)cc(C=N)c1N. The van der Waals surface area contributed by atoms with Crippen molar-refractivity contribution in [3.8, 4) is 0 Å². The zero-order valence-corrected chi connectivity index (χ0v) is 12.9. The number of nitrogens with one attached hydrogen (secondary N) is 1. The third-order valence-corrected chi connectivity index (χ3v) is 3.55. The van der Waals surface area contributed by atoms with Gasteiger partial charge in [0.05, 0.1) is 0 Å². The van der Waals surface area contributed by atoms with Crippen molar-refractivity contribution in [1.29, 1.82) is 5.41 Å². The van der Waals surface area contributed by atoms with Crippen LogP contribution in [0, 0.1) is 5.41 Å². The fourth-order valence-corrected chi connectivity index (χ4v) is 2.36. The molecular formula is C15H26N4O. The lowest BCUT2D eigenvalue weighted by atomic mass is 10.1. The van der Waals surface area contributed by atoms with E-state index in [9.17, 15) is 4.79 Å². The highest BCUT2D eigenvalue weighted by Gasteiger charge is 2.22. The van der Waals surface area contributed by atoms with E-state index in [2.05, 4.69) is 13.8 Å². The quantitative estimate of drug-likeness (QED) is 0.594. The smallest absolute Gasteiger partial charge is 0.270 e. The van der Waals surface area contributed by atoms with Crippen LogP contribution in [0.2, 0.25) is 0 Å². The van der Waals surface area contributed by atoms with Crippen molar-refractivity contribution in [3.63, 3.8) is 0 Å². The summed E-state index contributed by atoms with van der Waals surface area (Å²) in [6.07, 6.45) is 5.66. The number of amides is 1. The molecule has 0 saturated carbocycles. The Bertz CT molecular complexity index is 476. The van der Waals surface area contributed by atoms with E-state index in [0.29, 0.717) is 17.1 Å². The molecule has 1 unspecified atom stereocenters. The normalized spacial score (nSPS) is 12.2. The second-order valence-electron chi connectivity index (χ2n) is 5.43. The van der Waals surface area contributed by atoms with E-state index in [4.69, 9.17) is 11.1 Å². The van der Waals surface area contributed by atoms with Gasteiger partial charge >= 0.3 is 0 Å². The van der Waals surface area contributed by atoms with Crippen molar-refractivity contribution in [2.24, 2.45) is 0 Å². The summed E-state index contributed by atoms with van der Waals surface area (Å²) in [7, 11) is 3.45. The Hall–Kier alpha value is -1.78. The Morgan fingerprint density at radius 2 is 2.15 bits per heavy atom. The Labute approximate surface area is 121 Å². The molecule has 1 aromatic rings. The molecule has 1 atom stereocenters. The second-order valence-corrected chi connectivity index (χ2v) is 5.43. The van der Waals surface area contributed by atoms with Crippen LogP contribution in [-0.4, -0.2) is 35.7 Å². The lowest BCUT2D eigenvalue weighted by Gasteiger charge is -2.20. The summed E-state index contributed by atoms with van der Waals surface area (Å²) < 4.78 is 1.87. The average molecular weight is 278 g/mol. The van der Waals surface area contributed by atoms with Crippen LogP contribution in [0.5, 0.6) is 0 Å². The largest absolute Gasteiger partial charge is 0.385 e. The molecular weight excluding hydrogens is 252 g/mol. The Balaban J connectivity index is 3.11. The van der Waals surface area contributed by atoms with E-state index in [1.54, 1.807) is 20.2 Å². The van der Waals surface area contributed by atoms with Gasteiger partial charge in [-0.2, -0.15) is 0 Å². The van der Waals surface area contributed by atoms with E-state index in [0.717, 1.165) is 12.8 Å². The Morgan fingerprint density at radius 1 is 1.50 bits per heavy atom.